The predicted molar refractivity (Wildman–Crippen MR) is 82.4 cm³/mol. The van der Waals surface area contributed by atoms with Crippen molar-refractivity contribution in [2.24, 2.45) is 5.92 Å². The summed E-state index contributed by atoms with van der Waals surface area (Å²) in [5.41, 5.74) is 0. The fourth-order valence-electron chi connectivity index (χ4n) is 3.56. The second-order valence-electron chi connectivity index (χ2n) is 6.61. The Hall–Kier alpha value is -0.490. The van der Waals surface area contributed by atoms with E-state index in [9.17, 15) is 0 Å². The lowest BCUT2D eigenvalue weighted by Crippen LogP contribution is -2.43. The van der Waals surface area contributed by atoms with Gasteiger partial charge in [-0.15, -0.1) is 11.3 Å². The van der Waals surface area contributed by atoms with Crippen LogP contribution in [0.2, 0.25) is 0 Å². The van der Waals surface area contributed by atoms with Crippen LogP contribution in [0.4, 0.5) is 0 Å². The second-order valence-corrected chi connectivity index (χ2v) is 7.59. The van der Waals surface area contributed by atoms with E-state index in [0.29, 0.717) is 18.2 Å². The van der Waals surface area contributed by atoms with Gasteiger partial charge in [0.05, 0.1) is 25.4 Å². The number of nitrogens with zero attached hydrogens (tertiary/aromatic N) is 2. The molecule has 0 radical (unpaired) electrons. The van der Waals surface area contributed by atoms with E-state index in [1.165, 1.54) is 24.3 Å². The summed E-state index contributed by atoms with van der Waals surface area (Å²) < 4.78 is 12.1. The summed E-state index contributed by atoms with van der Waals surface area (Å²) in [4.78, 5) is 6.97. The summed E-state index contributed by atoms with van der Waals surface area (Å²) >= 11 is 1.76. The molecule has 4 rings (SSSR count). The van der Waals surface area contributed by atoms with Crippen molar-refractivity contribution in [3.63, 3.8) is 0 Å². The van der Waals surface area contributed by atoms with Gasteiger partial charge in [0.15, 0.2) is 0 Å². The van der Waals surface area contributed by atoms with Crippen molar-refractivity contribution < 1.29 is 9.47 Å². The summed E-state index contributed by atoms with van der Waals surface area (Å²) in [6, 6.07) is 0.591. The second kappa shape index (κ2) is 6.32. The van der Waals surface area contributed by atoms with Gasteiger partial charge in [0, 0.05) is 30.8 Å². The monoisotopic (exact) mass is 308 g/mol. The zero-order chi connectivity index (χ0) is 14.1. The molecule has 0 N–H and O–H groups in total. The van der Waals surface area contributed by atoms with Gasteiger partial charge in [-0.05, 0) is 38.0 Å². The highest BCUT2D eigenvalue weighted by Gasteiger charge is 2.40. The molecule has 1 saturated carbocycles. The molecule has 0 amide bonds. The molecule has 21 heavy (non-hydrogen) atoms. The minimum Gasteiger partial charge on any atom is -0.378 e. The maximum atomic E-state index is 6.28. The minimum atomic E-state index is 0.324. The minimum absolute atomic E-state index is 0.324. The number of likely N-dealkylation sites (tertiary alicyclic amines) is 1. The Morgan fingerprint density at radius 3 is 3.00 bits per heavy atom. The van der Waals surface area contributed by atoms with Crippen molar-refractivity contribution in [2.75, 3.05) is 19.8 Å². The summed E-state index contributed by atoms with van der Waals surface area (Å²) in [5, 5.41) is 3.29. The highest BCUT2D eigenvalue weighted by atomic mass is 32.1. The van der Waals surface area contributed by atoms with Gasteiger partial charge in [-0.3, -0.25) is 4.90 Å². The quantitative estimate of drug-likeness (QED) is 0.809. The summed E-state index contributed by atoms with van der Waals surface area (Å²) in [6.07, 6.45) is 8.91. The van der Waals surface area contributed by atoms with E-state index in [4.69, 9.17) is 9.47 Å². The standard InChI is InChI=1S/C16H24N2O2S/c1-2-12(1)10-19-11-13-3-4-14-15(20-13)5-7-18(14)9-16-17-6-8-21-16/h6,8,12-15H,1-5,7,9-11H2/t13-,14-,15-/m1/s1. The molecule has 0 unspecified atom stereocenters. The Kier molecular flexibility index (Phi) is 4.25. The topological polar surface area (TPSA) is 34.6 Å². The Bertz CT molecular complexity index is 449. The maximum absolute atomic E-state index is 6.28. The average Bonchev–Trinajstić information content (AvgIpc) is 3.03. The Balaban J connectivity index is 1.25. The van der Waals surface area contributed by atoms with Gasteiger partial charge < -0.3 is 9.47 Å². The van der Waals surface area contributed by atoms with Gasteiger partial charge in [0.1, 0.15) is 5.01 Å². The van der Waals surface area contributed by atoms with E-state index in [2.05, 4.69) is 15.3 Å². The molecule has 0 aromatic carbocycles. The zero-order valence-corrected chi connectivity index (χ0v) is 13.3. The van der Waals surface area contributed by atoms with Crippen LogP contribution < -0.4 is 0 Å². The number of fused-ring (bicyclic) bond motifs is 1. The number of rotatable bonds is 6. The highest BCUT2D eigenvalue weighted by molar-refractivity contribution is 7.09. The zero-order valence-electron chi connectivity index (χ0n) is 12.4. The van der Waals surface area contributed by atoms with Crippen LogP contribution in [0.3, 0.4) is 0 Å². The van der Waals surface area contributed by atoms with Gasteiger partial charge in [0.25, 0.3) is 0 Å². The molecule has 0 spiro atoms. The van der Waals surface area contributed by atoms with Crippen LogP contribution in [0.25, 0.3) is 0 Å². The van der Waals surface area contributed by atoms with Gasteiger partial charge in [-0.1, -0.05) is 0 Å². The first kappa shape index (κ1) is 14.1. The van der Waals surface area contributed by atoms with Crippen molar-refractivity contribution >= 4 is 11.3 Å². The van der Waals surface area contributed by atoms with Gasteiger partial charge in [0.2, 0.25) is 0 Å². The van der Waals surface area contributed by atoms with Crippen LogP contribution in [0.5, 0.6) is 0 Å². The normalized spacial score (nSPS) is 33.2. The predicted octanol–water partition coefficient (Wildman–Crippen LogP) is 2.69. The number of hydrogen-bond acceptors (Lipinski definition) is 5. The fourth-order valence-corrected chi connectivity index (χ4v) is 4.20. The van der Waals surface area contributed by atoms with Crippen LogP contribution in [-0.4, -0.2) is 47.9 Å². The van der Waals surface area contributed by atoms with Crippen LogP contribution in [0, 0.1) is 5.92 Å². The molecule has 3 aliphatic rings. The van der Waals surface area contributed by atoms with E-state index < -0.39 is 0 Å². The summed E-state index contributed by atoms with van der Waals surface area (Å²) in [5.74, 6) is 0.849. The van der Waals surface area contributed by atoms with Crippen molar-refractivity contribution in [2.45, 2.75) is 56.9 Å². The molecule has 4 nitrogen and oxygen atoms in total. The van der Waals surface area contributed by atoms with Crippen LogP contribution >= 0.6 is 11.3 Å². The van der Waals surface area contributed by atoms with Crippen molar-refractivity contribution in [1.82, 2.24) is 9.88 Å². The van der Waals surface area contributed by atoms with Crippen molar-refractivity contribution in [3.05, 3.63) is 16.6 Å². The lowest BCUT2D eigenvalue weighted by Gasteiger charge is -2.35. The SMILES string of the molecule is c1csc(CN2CC[C@H]3O[C@@H](COCC4CC4)CC[C@H]32)n1. The molecule has 1 aromatic heterocycles. The molecular weight excluding hydrogens is 284 g/mol. The van der Waals surface area contributed by atoms with Gasteiger partial charge in [-0.25, -0.2) is 4.98 Å². The average molecular weight is 308 g/mol. The summed E-state index contributed by atoms with van der Waals surface area (Å²) in [7, 11) is 0. The maximum Gasteiger partial charge on any atom is 0.107 e. The summed E-state index contributed by atoms with van der Waals surface area (Å²) in [6.45, 7) is 3.88. The fraction of sp³-hybridized carbons (Fsp3) is 0.812. The number of ether oxygens (including phenoxy) is 2. The number of thiazole rings is 1. The molecule has 5 heteroatoms. The van der Waals surface area contributed by atoms with E-state index in [1.54, 1.807) is 11.3 Å². The lowest BCUT2D eigenvalue weighted by molar-refractivity contribution is -0.101. The molecule has 116 valence electrons. The molecule has 3 heterocycles. The van der Waals surface area contributed by atoms with Crippen molar-refractivity contribution in [3.8, 4) is 0 Å². The lowest BCUT2D eigenvalue weighted by atomic mass is 9.99. The first-order chi connectivity index (χ1) is 10.4. The number of aromatic nitrogens is 1. The van der Waals surface area contributed by atoms with Crippen LogP contribution in [0.1, 0.15) is 37.1 Å². The molecule has 3 atom stereocenters. The molecule has 2 saturated heterocycles. The Labute approximate surface area is 130 Å². The smallest absolute Gasteiger partial charge is 0.107 e. The Morgan fingerprint density at radius 2 is 2.19 bits per heavy atom. The first-order valence-electron chi connectivity index (χ1n) is 8.24. The number of hydrogen-bond donors (Lipinski definition) is 0. The Morgan fingerprint density at radius 1 is 1.24 bits per heavy atom. The molecular formula is C16H24N2O2S. The van der Waals surface area contributed by atoms with Crippen LogP contribution in [0.15, 0.2) is 11.6 Å². The largest absolute Gasteiger partial charge is 0.378 e. The van der Waals surface area contributed by atoms with Gasteiger partial charge >= 0.3 is 0 Å². The third-order valence-corrected chi connectivity index (χ3v) is 5.69. The van der Waals surface area contributed by atoms with Crippen molar-refractivity contribution in [1.29, 1.82) is 0 Å². The van der Waals surface area contributed by atoms with Crippen LogP contribution in [-0.2, 0) is 16.0 Å². The third kappa shape index (κ3) is 3.47. The van der Waals surface area contributed by atoms with E-state index in [1.807, 2.05) is 6.20 Å². The molecule has 0 bridgehead atoms. The molecule has 1 aromatic rings. The van der Waals surface area contributed by atoms with Gasteiger partial charge in [-0.2, -0.15) is 0 Å². The molecule has 2 aliphatic heterocycles. The molecule has 3 fully saturated rings. The first-order valence-corrected chi connectivity index (χ1v) is 9.12. The molecule has 1 aliphatic carbocycles. The highest BCUT2D eigenvalue weighted by Crippen LogP contribution is 2.33. The van der Waals surface area contributed by atoms with E-state index in [-0.39, 0.29) is 0 Å². The van der Waals surface area contributed by atoms with E-state index in [0.717, 1.165) is 45.1 Å². The third-order valence-electron chi connectivity index (χ3n) is 4.93. The van der Waals surface area contributed by atoms with E-state index >= 15 is 0 Å².